The molecule has 2 heterocycles. The number of aryl methyl sites for hydroxylation is 2. The van der Waals surface area contributed by atoms with Gasteiger partial charge in [-0.25, -0.2) is 0 Å². The van der Waals surface area contributed by atoms with Crippen molar-refractivity contribution in [1.82, 2.24) is 4.90 Å². The van der Waals surface area contributed by atoms with Crippen LogP contribution in [-0.2, 0) is 18.4 Å². The highest BCUT2D eigenvalue weighted by Gasteiger charge is 2.45. The van der Waals surface area contributed by atoms with E-state index in [1.165, 1.54) is 27.8 Å². The highest BCUT2D eigenvalue weighted by atomic mass is 16.5. The molecule has 0 amide bonds. The van der Waals surface area contributed by atoms with E-state index in [2.05, 4.69) is 47.4 Å². The minimum absolute atomic E-state index is 0.216. The number of piperidine rings is 1. The van der Waals surface area contributed by atoms with Gasteiger partial charge in [0.15, 0.2) is 11.5 Å². The summed E-state index contributed by atoms with van der Waals surface area (Å²) in [5, 5.41) is 11.9. The van der Waals surface area contributed by atoms with Crippen molar-refractivity contribution in [2.24, 2.45) is 0 Å². The van der Waals surface area contributed by atoms with E-state index in [1.54, 1.807) is 14.2 Å². The summed E-state index contributed by atoms with van der Waals surface area (Å²) in [5.41, 5.74) is 7.39. The zero-order valence-corrected chi connectivity index (χ0v) is 19.4. The summed E-state index contributed by atoms with van der Waals surface area (Å²) in [7, 11) is 3.29. The standard InChI is InChI=1S/C29H31NO3/c1-32-26-13-12-21(16-27(26)33-2)29(31)14-15-30-18-24-22-8-4-3-6-19(22)10-11-20-7-5-9-23(28(20)24)25(30)17-29/h3-9,12-13,16,24-25,31H,10-11,14-15,17-18H2,1-2H3/t24-,25-,29-/m1/s1. The first kappa shape index (κ1) is 20.8. The van der Waals surface area contributed by atoms with Crippen molar-refractivity contribution < 1.29 is 14.6 Å². The van der Waals surface area contributed by atoms with Crippen molar-refractivity contribution in [3.63, 3.8) is 0 Å². The van der Waals surface area contributed by atoms with Gasteiger partial charge in [-0.2, -0.15) is 0 Å². The summed E-state index contributed by atoms with van der Waals surface area (Å²) in [6.07, 6.45) is 3.59. The number of aliphatic hydroxyl groups is 1. The molecule has 3 aliphatic rings. The average Bonchev–Trinajstić information content (AvgIpc) is 3.02. The molecule has 4 nitrogen and oxygen atoms in total. The lowest BCUT2D eigenvalue weighted by Gasteiger charge is -2.49. The molecular formula is C29H31NO3. The molecule has 3 aromatic rings. The van der Waals surface area contributed by atoms with E-state index in [9.17, 15) is 5.11 Å². The van der Waals surface area contributed by atoms with Gasteiger partial charge >= 0.3 is 0 Å². The Morgan fingerprint density at radius 1 is 0.879 bits per heavy atom. The predicted octanol–water partition coefficient (Wildman–Crippen LogP) is 4.97. The molecule has 6 rings (SSSR count). The quantitative estimate of drug-likeness (QED) is 0.623. The molecule has 4 heteroatoms. The number of rotatable bonds is 3. The molecule has 1 aliphatic carbocycles. The van der Waals surface area contributed by atoms with E-state index >= 15 is 0 Å². The van der Waals surface area contributed by atoms with E-state index in [4.69, 9.17) is 9.47 Å². The Hall–Kier alpha value is -2.82. The van der Waals surface area contributed by atoms with Crippen LogP contribution in [0.5, 0.6) is 11.5 Å². The lowest BCUT2D eigenvalue weighted by atomic mass is 9.72. The Kier molecular flexibility index (Phi) is 4.97. The molecule has 0 aromatic heterocycles. The van der Waals surface area contributed by atoms with Crippen molar-refractivity contribution >= 4 is 0 Å². The highest BCUT2D eigenvalue weighted by molar-refractivity contribution is 5.52. The van der Waals surface area contributed by atoms with E-state index in [0.29, 0.717) is 30.3 Å². The Morgan fingerprint density at radius 3 is 2.48 bits per heavy atom. The summed E-state index contributed by atoms with van der Waals surface area (Å²) in [5.74, 6) is 1.77. The maximum Gasteiger partial charge on any atom is 0.161 e. The van der Waals surface area contributed by atoms with E-state index < -0.39 is 5.60 Å². The van der Waals surface area contributed by atoms with Gasteiger partial charge in [0.1, 0.15) is 0 Å². The van der Waals surface area contributed by atoms with Crippen LogP contribution < -0.4 is 9.47 Å². The van der Waals surface area contributed by atoms with Crippen LogP contribution in [0.3, 0.4) is 0 Å². The molecule has 0 bridgehead atoms. The molecule has 0 unspecified atom stereocenters. The third-order valence-electron chi connectivity index (χ3n) is 8.15. The smallest absolute Gasteiger partial charge is 0.161 e. The van der Waals surface area contributed by atoms with Gasteiger partial charge in [0.2, 0.25) is 0 Å². The third-order valence-corrected chi connectivity index (χ3v) is 8.15. The van der Waals surface area contributed by atoms with Crippen molar-refractivity contribution in [3.05, 3.63) is 94.0 Å². The molecular weight excluding hydrogens is 410 g/mol. The normalized spacial score (nSPS) is 25.9. The lowest BCUT2D eigenvalue weighted by molar-refractivity contribution is -0.0573. The zero-order valence-electron chi connectivity index (χ0n) is 19.4. The number of fused-ring (bicyclic) bond motifs is 4. The minimum Gasteiger partial charge on any atom is -0.493 e. The van der Waals surface area contributed by atoms with Gasteiger partial charge in [-0.3, -0.25) is 4.90 Å². The Balaban J connectivity index is 1.41. The van der Waals surface area contributed by atoms with Crippen LogP contribution in [0.2, 0.25) is 0 Å². The van der Waals surface area contributed by atoms with E-state index in [1.807, 2.05) is 18.2 Å². The summed E-state index contributed by atoms with van der Waals surface area (Å²) in [6.45, 7) is 1.89. The summed E-state index contributed by atoms with van der Waals surface area (Å²) in [6, 6.07) is 21.9. The number of benzene rings is 3. The van der Waals surface area contributed by atoms with Crippen LogP contribution in [0.15, 0.2) is 60.7 Å². The van der Waals surface area contributed by atoms with Gasteiger partial charge < -0.3 is 14.6 Å². The molecule has 170 valence electrons. The maximum atomic E-state index is 11.9. The fourth-order valence-electron chi connectivity index (χ4n) is 6.47. The molecule has 33 heavy (non-hydrogen) atoms. The van der Waals surface area contributed by atoms with Gasteiger partial charge in [0.25, 0.3) is 0 Å². The van der Waals surface area contributed by atoms with Gasteiger partial charge in [-0.1, -0.05) is 48.5 Å². The van der Waals surface area contributed by atoms with Gasteiger partial charge in [-0.15, -0.1) is 0 Å². The molecule has 1 fully saturated rings. The summed E-state index contributed by atoms with van der Waals surface area (Å²) >= 11 is 0. The average molecular weight is 442 g/mol. The highest BCUT2D eigenvalue weighted by Crippen LogP contribution is 2.51. The largest absolute Gasteiger partial charge is 0.493 e. The molecule has 3 atom stereocenters. The number of hydrogen-bond donors (Lipinski definition) is 1. The van der Waals surface area contributed by atoms with Gasteiger partial charge in [-0.05, 0) is 64.8 Å². The third kappa shape index (κ3) is 3.27. The van der Waals surface area contributed by atoms with Gasteiger partial charge in [0, 0.05) is 31.5 Å². The number of ether oxygens (including phenoxy) is 2. The Bertz CT molecular complexity index is 1210. The SMILES string of the molecule is COc1ccc([C@@]2(O)CCN3C[C@@H]4c5ccccc5CCc5cccc(c54)[C@H]3C2)cc1OC. The number of hydrogen-bond acceptors (Lipinski definition) is 4. The van der Waals surface area contributed by atoms with Crippen molar-refractivity contribution in [1.29, 1.82) is 0 Å². The van der Waals surface area contributed by atoms with Gasteiger partial charge in [0.05, 0.1) is 19.8 Å². The second-order valence-electron chi connectivity index (χ2n) is 9.74. The molecule has 0 spiro atoms. The first-order valence-corrected chi connectivity index (χ1v) is 12.0. The molecule has 0 radical (unpaired) electrons. The van der Waals surface area contributed by atoms with Crippen LogP contribution in [-0.4, -0.2) is 37.3 Å². The van der Waals surface area contributed by atoms with Crippen LogP contribution in [0.25, 0.3) is 0 Å². The number of methoxy groups -OCH3 is 2. The second kappa shape index (κ2) is 7.89. The topological polar surface area (TPSA) is 41.9 Å². The first-order valence-electron chi connectivity index (χ1n) is 12.0. The number of nitrogens with zero attached hydrogens (tertiary/aromatic N) is 1. The molecule has 1 N–H and O–H groups in total. The predicted molar refractivity (Wildman–Crippen MR) is 129 cm³/mol. The van der Waals surface area contributed by atoms with Crippen molar-refractivity contribution in [2.75, 3.05) is 27.3 Å². The Morgan fingerprint density at radius 2 is 1.64 bits per heavy atom. The molecule has 0 saturated carbocycles. The molecule has 1 saturated heterocycles. The van der Waals surface area contributed by atoms with Crippen molar-refractivity contribution in [3.8, 4) is 11.5 Å². The van der Waals surface area contributed by atoms with Crippen LogP contribution in [0, 0.1) is 0 Å². The lowest BCUT2D eigenvalue weighted by Crippen LogP contribution is -2.48. The van der Waals surface area contributed by atoms with Crippen LogP contribution in [0.1, 0.15) is 58.2 Å². The fourth-order valence-corrected chi connectivity index (χ4v) is 6.47. The fraction of sp³-hybridized carbons (Fsp3) is 0.379. The van der Waals surface area contributed by atoms with Crippen molar-refractivity contribution in [2.45, 2.75) is 43.2 Å². The molecule has 2 aliphatic heterocycles. The first-order chi connectivity index (χ1) is 16.1. The summed E-state index contributed by atoms with van der Waals surface area (Å²) in [4.78, 5) is 2.61. The summed E-state index contributed by atoms with van der Waals surface area (Å²) < 4.78 is 10.9. The maximum absolute atomic E-state index is 11.9. The van der Waals surface area contributed by atoms with E-state index in [0.717, 1.165) is 31.5 Å². The van der Waals surface area contributed by atoms with E-state index in [-0.39, 0.29) is 6.04 Å². The van der Waals surface area contributed by atoms with Crippen LogP contribution >= 0.6 is 0 Å². The second-order valence-corrected chi connectivity index (χ2v) is 9.74. The Labute approximate surface area is 195 Å². The molecule has 3 aromatic carbocycles. The monoisotopic (exact) mass is 441 g/mol. The van der Waals surface area contributed by atoms with Crippen LogP contribution in [0.4, 0.5) is 0 Å². The zero-order chi connectivity index (χ0) is 22.6. The minimum atomic E-state index is -0.890.